The van der Waals surface area contributed by atoms with Gasteiger partial charge in [0.25, 0.3) is 0 Å². The minimum atomic E-state index is -0.191. The molecule has 3 rings (SSSR count). The van der Waals surface area contributed by atoms with Crippen molar-refractivity contribution < 1.29 is 9.13 Å². The Hall–Kier alpha value is -2.29. The van der Waals surface area contributed by atoms with E-state index in [1.165, 1.54) is 11.6 Å². The first-order valence-corrected chi connectivity index (χ1v) is 7.72. The van der Waals surface area contributed by atoms with Crippen LogP contribution in [0.1, 0.15) is 18.9 Å². The maximum Gasteiger partial charge on any atom is 0.123 e. The fraction of sp³-hybridized carbons (Fsp3) is 0.263. The average molecular weight is 297 g/mol. The third-order valence-corrected chi connectivity index (χ3v) is 3.88. The van der Waals surface area contributed by atoms with Gasteiger partial charge in [-0.2, -0.15) is 0 Å². The van der Waals surface area contributed by atoms with Crippen molar-refractivity contribution in [3.05, 3.63) is 66.1 Å². The van der Waals surface area contributed by atoms with Crippen molar-refractivity contribution in [2.75, 3.05) is 6.61 Å². The van der Waals surface area contributed by atoms with E-state index in [0.717, 1.165) is 36.0 Å². The van der Waals surface area contributed by atoms with Crippen molar-refractivity contribution in [3.8, 4) is 5.75 Å². The van der Waals surface area contributed by atoms with Crippen LogP contribution in [0.4, 0.5) is 4.39 Å². The number of hydrogen-bond donors (Lipinski definition) is 0. The number of fused-ring (bicyclic) bond motifs is 1. The highest BCUT2D eigenvalue weighted by molar-refractivity contribution is 5.80. The summed E-state index contributed by atoms with van der Waals surface area (Å²) in [4.78, 5) is 0. The first-order chi connectivity index (χ1) is 10.8. The summed E-state index contributed by atoms with van der Waals surface area (Å²) in [6, 6.07) is 15.1. The van der Waals surface area contributed by atoms with Gasteiger partial charge in [0.15, 0.2) is 0 Å². The first kappa shape index (κ1) is 14.6. The molecule has 114 valence electrons. The second kappa shape index (κ2) is 6.65. The van der Waals surface area contributed by atoms with E-state index < -0.39 is 0 Å². The van der Waals surface area contributed by atoms with E-state index in [4.69, 9.17) is 4.74 Å². The van der Waals surface area contributed by atoms with Gasteiger partial charge in [0, 0.05) is 23.6 Å². The minimum Gasteiger partial charge on any atom is -0.494 e. The molecule has 3 heteroatoms. The maximum absolute atomic E-state index is 13.2. The predicted molar refractivity (Wildman–Crippen MR) is 87.8 cm³/mol. The van der Waals surface area contributed by atoms with E-state index in [1.807, 2.05) is 30.5 Å². The summed E-state index contributed by atoms with van der Waals surface area (Å²) < 4.78 is 21.1. The number of nitrogens with zero attached hydrogens (tertiary/aromatic N) is 1. The van der Waals surface area contributed by atoms with Crippen molar-refractivity contribution in [1.29, 1.82) is 0 Å². The molecule has 2 nitrogen and oxygen atoms in total. The topological polar surface area (TPSA) is 14.2 Å². The van der Waals surface area contributed by atoms with Crippen LogP contribution in [0.25, 0.3) is 10.9 Å². The molecule has 0 radical (unpaired) electrons. The third-order valence-electron chi connectivity index (χ3n) is 3.88. The Balaban J connectivity index is 1.53. The second-order valence-electron chi connectivity index (χ2n) is 5.41. The third kappa shape index (κ3) is 3.30. The molecular formula is C19H20FNO. The summed E-state index contributed by atoms with van der Waals surface area (Å²) >= 11 is 0. The van der Waals surface area contributed by atoms with E-state index in [-0.39, 0.29) is 5.82 Å². The molecule has 0 amide bonds. The Morgan fingerprint density at radius 3 is 2.64 bits per heavy atom. The van der Waals surface area contributed by atoms with Crippen LogP contribution in [0, 0.1) is 5.82 Å². The largest absolute Gasteiger partial charge is 0.494 e. The van der Waals surface area contributed by atoms with Crippen molar-refractivity contribution in [2.45, 2.75) is 26.3 Å². The molecule has 0 saturated heterocycles. The van der Waals surface area contributed by atoms with Gasteiger partial charge < -0.3 is 9.30 Å². The summed E-state index contributed by atoms with van der Waals surface area (Å²) in [6.45, 7) is 3.68. The summed E-state index contributed by atoms with van der Waals surface area (Å²) in [6.07, 6.45) is 3.96. The molecule has 3 aromatic rings. The standard InChI is InChI=1S/C19H20FNO/c1-2-15-4-7-18(8-5-15)22-13-3-11-21-12-10-16-14-17(20)6-9-19(16)21/h4-10,12,14H,2-3,11,13H2,1H3. The Morgan fingerprint density at radius 2 is 1.86 bits per heavy atom. The van der Waals surface area contributed by atoms with Gasteiger partial charge in [-0.05, 0) is 54.8 Å². The molecule has 22 heavy (non-hydrogen) atoms. The Labute approximate surface area is 130 Å². The number of rotatable bonds is 6. The zero-order valence-electron chi connectivity index (χ0n) is 12.8. The van der Waals surface area contributed by atoms with Crippen LogP contribution in [0.15, 0.2) is 54.7 Å². The molecule has 0 fully saturated rings. The van der Waals surface area contributed by atoms with Crippen molar-refractivity contribution in [3.63, 3.8) is 0 Å². The number of hydrogen-bond acceptors (Lipinski definition) is 1. The second-order valence-corrected chi connectivity index (χ2v) is 5.41. The zero-order valence-corrected chi connectivity index (χ0v) is 12.8. The molecular weight excluding hydrogens is 277 g/mol. The highest BCUT2D eigenvalue weighted by Gasteiger charge is 2.02. The lowest BCUT2D eigenvalue weighted by molar-refractivity contribution is 0.302. The minimum absolute atomic E-state index is 0.191. The van der Waals surface area contributed by atoms with Crippen molar-refractivity contribution in [2.24, 2.45) is 0 Å². The van der Waals surface area contributed by atoms with Gasteiger partial charge in [-0.3, -0.25) is 0 Å². The number of benzene rings is 2. The molecule has 0 atom stereocenters. The molecule has 0 saturated carbocycles. The first-order valence-electron chi connectivity index (χ1n) is 7.72. The van der Waals surface area contributed by atoms with Crippen molar-refractivity contribution >= 4 is 10.9 Å². The van der Waals surface area contributed by atoms with Crippen LogP contribution >= 0.6 is 0 Å². The van der Waals surface area contributed by atoms with Gasteiger partial charge >= 0.3 is 0 Å². The van der Waals surface area contributed by atoms with Gasteiger partial charge in [-0.25, -0.2) is 4.39 Å². The molecule has 0 spiro atoms. The number of ether oxygens (including phenoxy) is 1. The van der Waals surface area contributed by atoms with E-state index in [0.29, 0.717) is 6.61 Å². The smallest absolute Gasteiger partial charge is 0.123 e. The predicted octanol–water partition coefficient (Wildman–Crippen LogP) is 4.81. The molecule has 0 bridgehead atoms. The Kier molecular flexibility index (Phi) is 4.42. The van der Waals surface area contributed by atoms with Crippen LogP contribution in [0.5, 0.6) is 5.75 Å². The number of halogens is 1. The molecule has 1 heterocycles. The summed E-state index contributed by atoms with van der Waals surface area (Å²) in [5, 5.41) is 0.941. The molecule has 0 aliphatic rings. The highest BCUT2D eigenvalue weighted by atomic mass is 19.1. The molecule has 0 aliphatic carbocycles. The molecule has 0 unspecified atom stereocenters. The van der Waals surface area contributed by atoms with Gasteiger partial charge in [0.2, 0.25) is 0 Å². The lowest BCUT2D eigenvalue weighted by Gasteiger charge is -2.08. The highest BCUT2D eigenvalue weighted by Crippen LogP contribution is 2.18. The van der Waals surface area contributed by atoms with E-state index in [9.17, 15) is 4.39 Å². The monoisotopic (exact) mass is 297 g/mol. The Bertz CT molecular complexity index is 746. The Morgan fingerprint density at radius 1 is 1.05 bits per heavy atom. The van der Waals surface area contributed by atoms with Gasteiger partial charge in [-0.1, -0.05) is 19.1 Å². The zero-order chi connectivity index (χ0) is 15.4. The summed E-state index contributed by atoms with van der Waals surface area (Å²) in [7, 11) is 0. The van der Waals surface area contributed by atoms with Crippen LogP contribution in [-0.4, -0.2) is 11.2 Å². The quantitative estimate of drug-likeness (QED) is 0.595. The van der Waals surface area contributed by atoms with Gasteiger partial charge in [0.05, 0.1) is 6.61 Å². The SMILES string of the molecule is CCc1ccc(OCCCn2ccc3cc(F)ccc32)cc1. The summed E-state index contributed by atoms with van der Waals surface area (Å²) in [5.74, 6) is 0.723. The normalized spacial score (nSPS) is 11.0. The molecule has 0 aliphatic heterocycles. The van der Waals surface area contributed by atoms with Crippen LogP contribution in [0.3, 0.4) is 0 Å². The molecule has 1 aromatic heterocycles. The average Bonchev–Trinajstić information content (AvgIpc) is 2.94. The number of aromatic nitrogens is 1. The van der Waals surface area contributed by atoms with Crippen LogP contribution in [0.2, 0.25) is 0 Å². The maximum atomic E-state index is 13.2. The fourth-order valence-electron chi connectivity index (χ4n) is 2.61. The van der Waals surface area contributed by atoms with E-state index in [2.05, 4.69) is 23.6 Å². The molecule has 2 aromatic carbocycles. The molecule has 0 N–H and O–H groups in total. The van der Waals surface area contributed by atoms with Gasteiger partial charge in [-0.15, -0.1) is 0 Å². The van der Waals surface area contributed by atoms with Crippen LogP contribution in [-0.2, 0) is 13.0 Å². The van der Waals surface area contributed by atoms with E-state index in [1.54, 1.807) is 6.07 Å². The number of aryl methyl sites for hydroxylation is 2. The van der Waals surface area contributed by atoms with Crippen molar-refractivity contribution in [1.82, 2.24) is 4.57 Å². The van der Waals surface area contributed by atoms with Crippen LogP contribution < -0.4 is 4.74 Å². The summed E-state index contributed by atoms with van der Waals surface area (Å²) in [5.41, 5.74) is 2.38. The van der Waals surface area contributed by atoms with E-state index >= 15 is 0 Å². The lowest BCUT2D eigenvalue weighted by Crippen LogP contribution is -2.03. The van der Waals surface area contributed by atoms with Gasteiger partial charge in [0.1, 0.15) is 11.6 Å². The fourth-order valence-corrected chi connectivity index (χ4v) is 2.61. The lowest BCUT2D eigenvalue weighted by atomic mass is 10.2.